The van der Waals surface area contributed by atoms with Crippen LogP contribution in [-0.4, -0.2) is 31.9 Å². The number of phenols is 1. The highest BCUT2D eigenvalue weighted by molar-refractivity contribution is 7.91. The Balaban J connectivity index is 2.67. The number of nitrogens with one attached hydrogen (secondary N) is 1. The molecule has 0 amide bonds. The van der Waals surface area contributed by atoms with E-state index in [2.05, 4.69) is 5.32 Å². The van der Waals surface area contributed by atoms with E-state index in [1.165, 1.54) is 24.3 Å². The van der Waals surface area contributed by atoms with Crippen molar-refractivity contribution in [2.45, 2.75) is 24.8 Å². The zero-order valence-corrected chi connectivity index (χ0v) is 10.3. The van der Waals surface area contributed by atoms with E-state index in [0.29, 0.717) is 6.54 Å². The summed E-state index contributed by atoms with van der Waals surface area (Å²) in [6.45, 7) is 4.36. The van der Waals surface area contributed by atoms with Gasteiger partial charge in [0.1, 0.15) is 5.75 Å². The third-order valence-corrected chi connectivity index (χ3v) is 3.85. The fourth-order valence-corrected chi connectivity index (χ4v) is 2.43. The summed E-state index contributed by atoms with van der Waals surface area (Å²) in [4.78, 5) is 0.246. The molecule has 0 radical (unpaired) electrons. The van der Waals surface area contributed by atoms with Crippen molar-refractivity contribution in [1.82, 2.24) is 5.32 Å². The number of benzene rings is 1. The van der Waals surface area contributed by atoms with Gasteiger partial charge >= 0.3 is 0 Å². The minimum absolute atomic E-state index is 0.0654. The van der Waals surface area contributed by atoms with Crippen LogP contribution in [0.3, 0.4) is 0 Å². The van der Waals surface area contributed by atoms with Gasteiger partial charge in [-0.1, -0.05) is 13.8 Å². The van der Waals surface area contributed by atoms with E-state index in [4.69, 9.17) is 5.11 Å². The Morgan fingerprint density at radius 3 is 2.31 bits per heavy atom. The first-order valence-corrected chi connectivity index (χ1v) is 6.82. The van der Waals surface area contributed by atoms with E-state index < -0.39 is 9.84 Å². The van der Waals surface area contributed by atoms with Gasteiger partial charge in [-0.15, -0.1) is 0 Å². The Morgan fingerprint density at radius 1 is 1.25 bits per heavy atom. The molecule has 1 rings (SSSR count). The second-order valence-corrected chi connectivity index (χ2v) is 6.03. The van der Waals surface area contributed by atoms with Gasteiger partial charge in [0.2, 0.25) is 0 Å². The van der Waals surface area contributed by atoms with Crippen LogP contribution in [-0.2, 0) is 9.84 Å². The molecule has 0 saturated carbocycles. The average Bonchev–Trinajstić information content (AvgIpc) is 2.17. The van der Waals surface area contributed by atoms with Gasteiger partial charge in [-0.3, -0.25) is 0 Å². The van der Waals surface area contributed by atoms with Crippen LogP contribution in [0.2, 0.25) is 0 Å². The fraction of sp³-hybridized carbons (Fsp3) is 0.455. The molecule has 1 aromatic carbocycles. The maximum absolute atomic E-state index is 11.8. The van der Waals surface area contributed by atoms with E-state index in [-0.39, 0.29) is 22.4 Å². The number of aromatic hydroxyl groups is 1. The summed E-state index contributed by atoms with van der Waals surface area (Å²) in [6, 6.07) is 5.86. The molecule has 5 heteroatoms. The summed E-state index contributed by atoms with van der Waals surface area (Å²) in [5.41, 5.74) is 0. The van der Waals surface area contributed by atoms with Crippen molar-refractivity contribution in [1.29, 1.82) is 0 Å². The SMILES string of the molecule is CC(C)NCCS(=O)(=O)c1ccc(O)cc1. The van der Waals surface area contributed by atoms with Crippen LogP contribution < -0.4 is 5.32 Å². The van der Waals surface area contributed by atoms with Gasteiger partial charge in [0, 0.05) is 12.6 Å². The van der Waals surface area contributed by atoms with Gasteiger partial charge < -0.3 is 10.4 Å². The third kappa shape index (κ3) is 3.83. The molecule has 0 saturated heterocycles. The number of phenolic OH excluding ortho intramolecular Hbond substituents is 1. The molecule has 0 aromatic heterocycles. The highest BCUT2D eigenvalue weighted by atomic mass is 32.2. The van der Waals surface area contributed by atoms with Crippen LogP contribution in [0.5, 0.6) is 5.75 Å². The Kier molecular flexibility index (Phi) is 4.32. The molecule has 0 fully saturated rings. The van der Waals surface area contributed by atoms with E-state index in [1.807, 2.05) is 13.8 Å². The normalized spacial score (nSPS) is 11.9. The van der Waals surface area contributed by atoms with E-state index >= 15 is 0 Å². The van der Waals surface area contributed by atoms with Crippen LogP contribution in [0.25, 0.3) is 0 Å². The summed E-state index contributed by atoms with van der Waals surface area (Å²) >= 11 is 0. The number of rotatable bonds is 5. The summed E-state index contributed by atoms with van der Waals surface area (Å²) < 4.78 is 23.6. The number of hydrogen-bond donors (Lipinski definition) is 2. The predicted molar refractivity (Wildman–Crippen MR) is 63.3 cm³/mol. The summed E-state index contributed by atoms with van der Waals surface area (Å²) in [5, 5.41) is 12.1. The van der Waals surface area contributed by atoms with Gasteiger partial charge in [0.15, 0.2) is 9.84 Å². The van der Waals surface area contributed by atoms with Crippen molar-refractivity contribution in [3.05, 3.63) is 24.3 Å². The fourth-order valence-electron chi connectivity index (χ4n) is 1.25. The predicted octanol–water partition coefficient (Wildman–Crippen LogP) is 1.16. The second-order valence-electron chi connectivity index (χ2n) is 3.92. The highest BCUT2D eigenvalue weighted by Gasteiger charge is 2.13. The monoisotopic (exact) mass is 243 g/mol. The molecule has 0 aliphatic heterocycles. The lowest BCUT2D eigenvalue weighted by atomic mass is 10.3. The Labute approximate surface area is 96.2 Å². The lowest BCUT2D eigenvalue weighted by Gasteiger charge is -2.08. The van der Waals surface area contributed by atoms with Gasteiger partial charge in [0.25, 0.3) is 0 Å². The zero-order valence-electron chi connectivity index (χ0n) is 9.47. The molecule has 2 N–H and O–H groups in total. The molecule has 0 atom stereocenters. The molecular weight excluding hydrogens is 226 g/mol. The standard InChI is InChI=1S/C11H17NO3S/c1-9(2)12-7-8-16(14,15)11-5-3-10(13)4-6-11/h3-6,9,12-13H,7-8H2,1-2H3. The van der Waals surface area contributed by atoms with Crippen molar-refractivity contribution in [3.8, 4) is 5.75 Å². The van der Waals surface area contributed by atoms with Crippen molar-refractivity contribution >= 4 is 9.84 Å². The number of sulfone groups is 1. The van der Waals surface area contributed by atoms with Gasteiger partial charge in [0.05, 0.1) is 10.6 Å². The largest absolute Gasteiger partial charge is 0.508 e. The average molecular weight is 243 g/mol. The van der Waals surface area contributed by atoms with E-state index in [9.17, 15) is 8.42 Å². The highest BCUT2D eigenvalue weighted by Crippen LogP contribution is 2.15. The van der Waals surface area contributed by atoms with Crippen LogP contribution in [0, 0.1) is 0 Å². The first kappa shape index (κ1) is 13.0. The molecular formula is C11H17NO3S. The molecule has 0 unspecified atom stereocenters. The van der Waals surface area contributed by atoms with Crippen LogP contribution >= 0.6 is 0 Å². The molecule has 90 valence electrons. The van der Waals surface area contributed by atoms with Crippen LogP contribution in [0.15, 0.2) is 29.2 Å². The molecule has 0 bridgehead atoms. The summed E-state index contributed by atoms with van der Waals surface area (Å²) in [6.07, 6.45) is 0. The molecule has 1 aromatic rings. The Bertz CT molecular complexity index is 423. The summed E-state index contributed by atoms with van der Waals surface area (Å²) in [7, 11) is -3.25. The van der Waals surface area contributed by atoms with E-state index in [0.717, 1.165) is 0 Å². The Hall–Kier alpha value is -1.07. The molecule has 0 spiro atoms. The van der Waals surface area contributed by atoms with Gasteiger partial charge in [-0.05, 0) is 24.3 Å². The lowest BCUT2D eigenvalue weighted by molar-refractivity contribution is 0.475. The quantitative estimate of drug-likeness (QED) is 0.814. The Morgan fingerprint density at radius 2 is 1.81 bits per heavy atom. The maximum Gasteiger partial charge on any atom is 0.179 e. The minimum Gasteiger partial charge on any atom is -0.508 e. The smallest absolute Gasteiger partial charge is 0.179 e. The summed E-state index contributed by atoms with van der Waals surface area (Å²) in [5.74, 6) is 0.134. The molecule has 4 nitrogen and oxygen atoms in total. The molecule has 0 heterocycles. The molecule has 0 aliphatic carbocycles. The number of hydrogen-bond acceptors (Lipinski definition) is 4. The first-order chi connectivity index (χ1) is 7.42. The van der Waals surface area contributed by atoms with Crippen molar-refractivity contribution in [2.75, 3.05) is 12.3 Å². The van der Waals surface area contributed by atoms with Crippen LogP contribution in [0.4, 0.5) is 0 Å². The third-order valence-electron chi connectivity index (χ3n) is 2.12. The topological polar surface area (TPSA) is 66.4 Å². The van der Waals surface area contributed by atoms with Crippen molar-refractivity contribution in [3.63, 3.8) is 0 Å². The minimum atomic E-state index is -3.25. The van der Waals surface area contributed by atoms with Crippen molar-refractivity contribution < 1.29 is 13.5 Å². The van der Waals surface area contributed by atoms with Gasteiger partial charge in [-0.25, -0.2) is 8.42 Å². The molecule has 0 aliphatic rings. The maximum atomic E-state index is 11.8. The molecule has 16 heavy (non-hydrogen) atoms. The van der Waals surface area contributed by atoms with E-state index in [1.54, 1.807) is 0 Å². The second kappa shape index (κ2) is 5.32. The van der Waals surface area contributed by atoms with Gasteiger partial charge in [-0.2, -0.15) is 0 Å². The van der Waals surface area contributed by atoms with Crippen LogP contribution in [0.1, 0.15) is 13.8 Å². The van der Waals surface area contributed by atoms with Crippen molar-refractivity contribution in [2.24, 2.45) is 0 Å². The zero-order chi connectivity index (χ0) is 12.2. The first-order valence-electron chi connectivity index (χ1n) is 5.17. The lowest BCUT2D eigenvalue weighted by Crippen LogP contribution is -2.28.